The highest BCUT2D eigenvalue weighted by atomic mass is 16.5. The van der Waals surface area contributed by atoms with Crippen LogP contribution in [0.1, 0.15) is 5.56 Å². The van der Waals surface area contributed by atoms with Crippen LogP contribution in [0.15, 0.2) is 35.5 Å². The van der Waals surface area contributed by atoms with Crippen LogP contribution in [-0.4, -0.2) is 24.0 Å². The van der Waals surface area contributed by atoms with Gasteiger partial charge < -0.3 is 9.72 Å². The second-order valence-corrected chi connectivity index (χ2v) is 3.66. The lowest BCUT2D eigenvalue weighted by molar-refractivity contribution is 0.341. The van der Waals surface area contributed by atoms with Crippen LogP contribution in [0, 0.1) is 0 Å². The van der Waals surface area contributed by atoms with Crippen molar-refractivity contribution in [3.8, 4) is 0 Å². The number of rotatable bonds is 2. The van der Waals surface area contributed by atoms with Gasteiger partial charge in [0.05, 0.1) is 13.0 Å². The number of aromatic nitrogens is 1. The fourth-order valence-electron chi connectivity index (χ4n) is 1.93. The fourth-order valence-corrected chi connectivity index (χ4v) is 1.93. The van der Waals surface area contributed by atoms with Gasteiger partial charge in [0.15, 0.2) is 5.90 Å². The molecule has 1 N–H and O–H groups in total. The van der Waals surface area contributed by atoms with Gasteiger partial charge in [-0.15, -0.1) is 0 Å². The molecule has 0 saturated heterocycles. The topological polar surface area (TPSA) is 37.4 Å². The third-order valence-electron chi connectivity index (χ3n) is 2.66. The Morgan fingerprint density at radius 1 is 1.33 bits per heavy atom. The van der Waals surface area contributed by atoms with Gasteiger partial charge in [-0.2, -0.15) is 0 Å². The number of para-hydroxylation sites is 1. The molecule has 0 radical (unpaired) electrons. The first-order chi connectivity index (χ1) is 7.43. The van der Waals surface area contributed by atoms with Gasteiger partial charge in [-0.25, -0.2) is 0 Å². The molecule has 3 rings (SSSR count). The number of nitrogens with zero attached hydrogens (tertiary/aromatic N) is 1. The molecule has 0 unspecified atom stereocenters. The Labute approximate surface area is 87.8 Å². The van der Waals surface area contributed by atoms with Crippen molar-refractivity contribution in [3.63, 3.8) is 0 Å². The summed E-state index contributed by atoms with van der Waals surface area (Å²) in [5, 5.41) is 1.26. The minimum absolute atomic E-state index is 0.734. The maximum absolute atomic E-state index is 5.41. The van der Waals surface area contributed by atoms with Crippen LogP contribution in [0.25, 0.3) is 10.9 Å². The second kappa shape index (κ2) is 3.42. The summed E-state index contributed by atoms with van der Waals surface area (Å²) < 4.78 is 5.41. The van der Waals surface area contributed by atoms with Crippen LogP contribution in [0.3, 0.4) is 0 Å². The lowest BCUT2D eigenvalue weighted by Crippen LogP contribution is -2.02. The molecule has 3 nitrogen and oxygen atoms in total. The minimum Gasteiger partial charge on any atom is -0.479 e. The van der Waals surface area contributed by atoms with E-state index in [1.807, 2.05) is 12.3 Å². The zero-order valence-corrected chi connectivity index (χ0v) is 8.36. The van der Waals surface area contributed by atoms with Crippen LogP contribution in [0.2, 0.25) is 0 Å². The Balaban J connectivity index is 1.97. The SMILES string of the molecule is c1ccc2c(CC3=NCCO3)c[nH]c2c1. The van der Waals surface area contributed by atoms with Gasteiger partial charge >= 0.3 is 0 Å². The summed E-state index contributed by atoms with van der Waals surface area (Å²) in [6, 6.07) is 8.29. The lowest BCUT2D eigenvalue weighted by Gasteiger charge is -1.99. The molecular weight excluding hydrogens is 188 g/mol. The Bertz CT molecular complexity index is 513. The molecule has 2 aromatic rings. The molecule has 1 aliphatic heterocycles. The standard InChI is InChI=1S/C12H12N2O/c1-2-4-11-10(3-1)9(8-14-11)7-12-13-5-6-15-12/h1-4,8,14H,5-7H2. The molecule has 0 spiro atoms. The van der Waals surface area contributed by atoms with Crippen LogP contribution < -0.4 is 0 Å². The normalized spacial score (nSPS) is 15.3. The first-order valence-corrected chi connectivity index (χ1v) is 5.14. The molecule has 0 amide bonds. The quantitative estimate of drug-likeness (QED) is 0.792. The number of ether oxygens (including phenoxy) is 1. The summed E-state index contributed by atoms with van der Waals surface area (Å²) in [6.07, 6.45) is 2.83. The highest BCUT2D eigenvalue weighted by Gasteiger charge is 2.10. The van der Waals surface area contributed by atoms with E-state index in [2.05, 4.69) is 28.2 Å². The number of hydrogen-bond donors (Lipinski definition) is 1. The summed E-state index contributed by atoms with van der Waals surface area (Å²) in [5.41, 5.74) is 2.43. The van der Waals surface area contributed by atoms with E-state index < -0.39 is 0 Å². The van der Waals surface area contributed by atoms with Crippen molar-refractivity contribution in [2.24, 2.45) is 4.99 Å². The summed E-state index contributed by atoms with van der Waals surface area (Å²) in [7, 11) is 0. The molecular formula is C12H12N2O. The first kappa shape index (κ1) is 8.53. The number of fused-ring (bicyclic) bond motifs is 1. The van der Waals surface area contributed by atoms with E-state index in [0.717, 1.165) is 25.5 Å². The molecule has 0 aliphatic carbocycles. The average Bonchev–Trinajstić information content (AvgIpc) is 2.89. The number of H-pyrrole nitrogens is 1. The summed E-state index contributed by atoms with van der Waals surface area (Å²) in [6.45, 7) is 1.54. The van der Waals surface area contributed by atoms with Gasteiger partial charge in [-0.3, -0.25) is 4.99 Å². The number of aromatic amines is 1. The molecule has 0 saturated carbocycles. The predicted molar refractivity (Wildman–Crippen MR) is 60.3 cm³/mol. The molecule has 3 heteroatoms. The Morgan fingerprint density at radius 3 is 3.13 bits per heavy atom. The van der Waals surface area contributed by atoms with Gasteiger partial charge in [0, 0.05) is 17.1 Å². The molecule has 15 heavy (non-hydrogen) atoms. The molecule has 1 aromatic heterocycles. The summed E-state index contributed by atoms with van der Waals surface area (Å²) >= 11 is 0. The van der Waals surface area contributed by atoms with E-state index in [9.17, 15) is 0 Å². The van der Waals surface area contributed by atoms with Gasteiger partial charge in [-0.05, 0) is 11.6 Å². The van der Waals surface area contributed by atoms with E-state index in [0.29, 0.717) is 0 Å². The van der Waals surface area contributed by atoms with E-state index in [1.54, 1.807) is 0 Å². The molecule has 2 heterocycles. The van der Waals surface area contributed by atoms with Gasteiger partial charge in [-0.1, -0.05) is 18.2 Å². The monoisotopic (exact) mass is 200 g/mol. The van der Waals surface area contributed by atoms with Crippen LogP contribution in [-0.2, 0) is 11.2 Å². The van der Waals surface area contributed by atoms with Gasteiger partial charge in [0.2, 0.25) is 0 Å². The molecule has 0 atom stereocenters. The Hall–Kier alpha value is -1.77. The van der Waals surface area contributed by atoms with Crippen molar-refractivity contribution in [3.05, 3.63) is 36.0 Å². The van der Waals surface area contributed by atoms with Crippen LogP contribution in [0.5, 0.6) is 0 Å². The van der Waals surface area contributed by atoms with E-state index >= 15 is 0 Å². The smallest absolute Gasteiger partial charge is 0.187 e. The third kappa shape index (κ3) is 1.50. The second-order valence-electron chi connectivity index (χ2n) is 3.66. The van der Waals surface area contributed by atoms with Crippen molar-refractivity contribution in [1.29, 1.82) is 0 Å². The van der Waals surface area contributed by atoms with Crippen molar-refractivity contribution in [2.75, 3.05) is 13.2 Å². The van der Waals surface area contributed by atoms with Gasteiger partial charge in [0.25, 0.3) is 0 Å². The predicted octanol–water partition coefficient (Wildman–Crippen LogP) is 2.14. The zero-order valence-electron chi connectivity index (χ0n) is 8.36. The maximum Gasteiger partial charge on any atom is 0.187 e. The number of aliphatic imine (C=N–C) groups is 1. The molecule has 0 bridgehead atoms. The highest BCUT2D eigenvalue weighted by Crippen LogP contribution is 2.19. The molecule has 1 aliphatic rings. The summed E-state index contributed by atoms with van der Waals surface area (Å²) in [4.78, 5) is 7.55. The van der Waals surface area contributed by atoms with E-state index in [-0.39, 0.29) is 0 Å². The Kier molecular flexibility index (Phi) is 1.95. The van der Waals surface area contributed by atoms with Crippen molar-refractivity contribution < 1.29 is 4.74 Å². The zero-order chi connectivity index (χ0) is 10.1. The van der Waals surface area contributed by atoms with Crippen LogP contribution in [0.4, 0.5) is 0 Å². The minimum atomic E-state index is 0.734. The highest BCUT2D eigenvalue weighted by molar-refractivity contribution is 5.89. The Morgan fingerprint density at radius 2 is 2.27 bits per heavy atom. The number of nitrogens with one attached hydrogen (secondary N) is 1. The summed E-state index contributed by atoms with van der Waals surface area (Å²) in [5.74, 6) is 0.861. The van der Waals surface area contributed by atoms with Crippen molar-refractivity contribution in [2.45, 2.75) is 6.42 Å². The molecule has 1 aromatic carbocycles. The lowest BCUT2D eigenvalue weighted by atomic mass is 10.1. The van der Waals surface area contributed by atoms with E-state index in [4.69, 9.17) is 4.74 Å². The van der Waals surface area contributed by atoms with Crippen LogP contribution >= 0.6 is 0 Å². The molecule has 0 fully saturated rings. The first-order valence-electron chi connectivity index (χ1n) is 5.14. The average molecular weight is 200 g/mol. The third-order valence-corrected chi connectivity index (χ3v) is 2.66. The maximum atomic E-state index is 5.41. The fraction of sp³-hybridized carbons (Fsp3) is 0.250. The molecule has 76 valence electrons. The number of benzene rings is 1. The number of hydrogen-bond acceptors (Lipinski definition) is 2. The van der Waals surface area contributed by atoms with E-state index in [1.165, 1.54) is 16.5 Å². The van der Waals surface area contributed by atoms with Crippen molar-refractivity contribution in [1.82, 2.24) is 4.98 Å². The van der Waals surface area contributed by atoms with Gasteiger partial charge in [0.1, 0.15) is 6.61 Å². The largest absolute Gasteiger partial charge is 0.479 e. The van der Waals surface area contributed by atoms with Crippen molar-refractivity contribution >= 4 is 16.8 Å².